The van der Waals surface area contributed by atoms with E-state index in [-0.39, 0.29) is 11.1 Å². The average Bonchev–Trinajstić information content (AvgIpc) is 2.41. The summed E-state index contributed by atoms with van der Waals surface area (Å²) in [5.74, 6) is -3.17. The zero-order chi connectivity index (χ0) is 20.3. The van der Waals surface area contributed by atoms with E-state index in [0.29, 0.717) is 0 Å². The van der Waals surface area contributed by atoms with E-state index in [0.717, 1.165) is 12.1 Å². The largest absolute Gasteiger partial charge is 0.479 e. The van der Waals surface area contributed by atoms with Crippen molar-refractivity contribution in [1.82, 2.24) is 5.32 Å². The van der Waals surface area contributed by atoms with Crippen LogP contribution in [-0.4, -0.2) is 34.3 Å². The van der Waals surface area contributed by atoms with Gasteiger partial charge in [-0.15, -0.1) is 0 Å². The molecule has 1 rings (SSSR count). The second-order valence-electron chi connectivity index (χ2n) is 7.66. The maximum Gasteiger partial charge on any atom is 0.408 e. The van der Waals surface area contributed by atoms with Crippen molar-refractivity contribution < 1.29 is 33.4 Å². The number of nitrogens with one attached hydrogen (secondary N) is 1. The summed E-state index contributed by atoms with van der Waals surface area (Å²) in [5, 5.41) is 11.4. The van der Waals surface area contributed by atoms with Gasteiger partial charge in [0, 0.05) is 5.56 Å². The number of hydrogen-bond acceptors (Lipinski definition) is 5. The molecule has 0 aliphatic heterocycles. The van der Waals surface area contributed by atoms with Crippen molar-refractivity contribution in [3.8, 4) is 0 Å². The van der Waals surface area contributed by atoms with E-state index in [2.05, 4.69) is 5.32 Å². The van der Waals surface area contributed by atoms with Crippen LogP contribution in [0.3, 0.4) is 0 Å². The van der Waals surface area contributed by atoms with Crippen LogP contribution in [0.25, 0.3) is 0 Å². The first-order valence-corrected chi connectivity index (χ1v) is 7.95. The summed E-state index contributed by atoms with van der Waals surface area (Å²) in [4.78, 5) is 35.2. The van der Waals surface area contributed by atoms with Crippen LogP contribution < -0.4 is 5.32 Å². The number of carbonyl (C=O) groups is 3. The highest BCUT2D eigenvalue weighted by Crippen LogP contribution is 2.21. The van der Waals surface area contributed by atoms with Crippen LogP contribution in [0.1, 0.15) is 63.5 Å². The molecule has 0 aliphatic carbocycles. The molecule has 144 valence electrons. The lowest BCUT2D eigenvalue weighted by Crippen LogP contribution is -2.38. The van der Waals surface area contributed by atoms with Gasteiger partial charge in [0.2, 0.25) is 0 Å². The van der Waals surface area contributed by atoms with E-state index < -0.39 is 41.1 Å². The highest BCUT2D eigenvalue weighted by Gasteiger charge is 2.28. The highest BCUT2D eigenvalue weighted by atomic mass is 19.1. The lowest BCUT2D eigenvalue weighted by molar-refractivity contribution is -0.139. The Bertz CT molecular complexity index is 703. The monoisotopic (exact) mass is 369 g/mol. The second-order valence-corrected chi connectivity index (χ2v) is 7.66. The molecule has 0 heterocycles. The SMILES string of the molecule is CC(C)(C)OC(=O)NC(C(=O)O)c1ccc(C(=O)OC(C)(C)C)cc1F. The van der Waals surface area contributed by atoms with Gasteiger partial charge in [-0.3, -0.25) is 0 Å². The fourth-order valence-electron chi connectivity index (χ4n) is 1.92. The Labute approximate surface area is 151 Å². The van der Waals surface area contributed by atoms with Crippen molar-refractivity contribution in [2.45, 2.75) is 58.8 Å². The molecule has 7 nitrogen and oxygen atoms in total. The third kappa shape index (κ3) is 6.70. The summed E-state index contributed by atoms with van der Waals surface area (Å²) < 4.78 is 24.5. The number of ether oxygens (including phenoxy) is 2. The molecule has 0 saturated heterocycles. The fraction of sp³-hybridized carbons (Fsp3) is 0.500. The number of benzene rings is 1. The standard InChI is InChI=1S/C18H24FNO6/c1-17(2,3)25-15(23)10-7-8-11(12(19)9-10)13(14(21)22)20-16(24)26-18(4,5)6/h7-9,13H,1-6H3,(H,20,24)(H,21,22). The van der Waals surface area contributed by atoms with Crippen LogP contribution in [0, 0.1) is 5.82 Å². The van der Waals surface area contributed by atoms with Gasteiger partial charge in [-0.2, -0.15) is 0 Å². The molecule has 0 aromatic heterocycles. The first-order valence-electron chi connectivity index (χ1n) is 7.95. The Kier molecular flexibility index (Phi) is 6.35. The predicted molar refractivity (Wildman–Crippen MR) is 91.3 cm³/mol. The van der Waals surface area contributed by atoms with Crippen LogP contribution >= 0.6 is 0 Å². The normalized spacial score (nSPS) is 12.9. The Morgan fingerprint density at radius 3 is 2.00 bits per heavy atom. The fourth-order valence-corrected chi connectivity index (χ4v) is 1.92. The summed E-state index contributed by atoms with van der Waals surface area (Å²) >= 11 is 0. The molecule has 0 aliphatic rings. The molecule has 0 bridgehead atoms. The molecule has 8 heteroatoms. The quantitative estimate of drug-likeness (QED) is 0.789. The summed E-state index contributed by atoms with van der Waals surface area (Å²) in [6.45, 7) is 9.83. The van der Waals surface area contributed by atoms with Crippen molar-refractivity contribution in [3.63, 3.8) is 0 Å². The Hall–Kier alpha value is -2.64. The number of carboxylic acid groups (broad SMARTS) is 1. The van der Waals surface area contributed by atoms with Crippen LogP contribution in [-0.2, 0) is 14.3 Å². The smallest absolute Gasteiger partial charge is 0.408 e. The Morgan fingerprint density at radius 1 is 1.04 bits per heavy atom. The third-order valence-corrected chi connectivity index (χ3v) is 2.85. The van der Waals surface area contributed by atoms with E-state index in [1.165, 1.54) is 6.07 Å². The van der Waals surface area contributed by atoms with Gasteiger partial charge in [-0.25, -0.2) is 18.8 Å². The van der Waals surface area contributed by atoms with Gasteiger partial charge >= 0.3 is 18.0 Å². The molecule has 1 aromatic rings. The molecule has 1 amide bonds. The maximum absolute atomic E-state index is 14.4. The number of halogens is 1. The van der Waals surface area contributed by atoms with Gasteiger partial charge in [-0.1, -0.05) is 6.07 Å². The first-order chi connectivity index (χ1) is 11.7. The predicted octanol–water partition coefficient (Wildman–Crippen LogP) is 3.43. The van der Waals surface area contributed by atoms with Gasteiger partial charge < -0.3 is 19.9 Å². The Balaban J connectivity index is 3.05. The van der Waals surface area contributed by atoms with Crippen molar-refractivity contribution in [2.24, 2.45) is 0 Å². The summed E-state index contributed by atoms with van der Waals surface area (Å²) in [6.07, 6.45) is -1.000. The number of aliphatic carboxylic acids is 1. The number of carboxylic acids is 1. The third-order valence-electron chi connectivity index (χ3n) is 2.85. The molecule has 1 aromatic carbocycles. The van der Waals surface area contributed by atoms with Crippen molar-refractivity contribution >= 4 is 18.0 Å². The number of hydrogen-bond donors (Lipinski definition) is 2. The zero-order valence-electron chi connectivity index (χ0n) is 15.7. The van der Waals surface area contributed by atoms with E-state index in [1.54, 1.807) is 41.5 Å². The van der Waals surface area contributed by atoms with Crippen molar-refractivity contribution in [1.29, 1.82) is 0 Å². The van der Waals surface area contributed by atoms with Gasteiger partial charge in [0.05, 0.1) is 5.56 Å². The first kappa shape index (κ1) is 21.4. The maximum atomic E-state index is 14.4. The van der Waals surface area contributed by atoms with E-state index in [1.807, 2.05) is 0 Å². The number of carbonyl (C=O) groups excluding carboxylic acids is 2. The molecule has 1 unspecified atom stereocenters. The molecule has 0 spiro atoms. The minimum Gasteiger partial charge on any atom is -0.479 e. The molecule has 0 radical (unpaired) electrons. The van der Waals surface area contributed by atoms with E-state index >= 15 is 0 Å². The zero-order valence-corrected chi connectivity index (χ0v) is 15.7. The van der Waals surface area contributed by atoms with Crippen molar-refractivity contribution in [2.75, 3.05) is 0 Å². The summed E-state index contributed by atoms with van der Waals surface area (Å²) in [5.41, 5.74) is -1.97. The molecule has 0 saturated carbocycles. The lowest BCUT2D eigenvalue weighted by Gasteiger charge is -2.22. The molecule has 2 N–H and O–H groups in total. The second kappa shape index (κ2) is 7.72. The van der Waals surface area contributed by atoms with Crippen LogP contribution in [0.2, 0.25) is 0 Å². The van der Waals surface area contributed by atoms with E-state index in [4.69, 9.17) is 9.47 Å². The topological polar surface area (TPSA) is 102 Å². The van der Waals surface area contributed by atoms with Crippen molar-refractivity contribution in [3.05, 3.63) is 35.1 Å². The van der Waals surface area contributed by atoms with Gasteiger partial charge in [0.15, 0.2) is 6.04 Å². The van der Waals surface area contributed by atoms with Crippen LogP contribution in [0.15, 0.2) is 18.2 Å². The molecular formula is C18H24FNO6. The van der Waals surface area contributed by atoms with Gasteiger partial charge in [0.25, 0.3) is 0 Å². The number of amides is 1. The highest BCUT2D eigenvalue weighted by molar-refractivity contribution is 5.90. The summed E-state index contributed by atoms with van der Waals surface area (Å²) in [6, 6.07) is 1.55. The number of alkyl carbamates (subject to hydrolysis) is 1. The van der Waals surface area contributed by atoms with Crippen LogP contribution in [0.5, 0.6) is 0 Å². The van der Waals surface area contributed by atoms with Crippen LogP contribution in [0.4, 0.5) is 9.18 Å². The minimum absolute atomic E-state index is 0.0671. The van der Waals surface area contributed by atoms with Gasteiger partial charge in [-0.05, 0) is 53.7 Å². The molecule has 1 atom stereocenters. The number of rotatable bonds is 4. The minimum atomic E-state index is -1.67. The lowest BCUT2D eigenvalue weighted by atomic mass is 10.0. The molecule has 26 heavy (non-hydrogen) atoms. The summed E-state index contributed by atoms with van der Waals surface area (Å²) in [7, 11) is 0. The number of esters is 1. The van der Waals surface area contributed by atoms with E-state index in [9.17, 15) is 23.9 Å². The average molecular weight is 369 g/mol. The van der Waals surface area contributed by atoms with Gasteiger partial charge in [0.1, 0.15) is 17.0 Å². The Morgan fingerprint density at radius 2 is 1.58 bits per heavy atom. The molecular weight excluding hydrogens is 345 g/mol. The molecule has 0 fully saturated rings.